The third-order valence-corrected chi connectivity index (χ3v) is 20.8. The van der Waals surface area contributed by atoms with Gasteiger partial charge in [0.05, 0.1) is 59.5 Å². The minimum atomic E-state index is -2.75. The van der Waals surface area contributed by atoms with Crippen LogP contribution in [-0.4, -0.2) is 488 Å². The van der Waals surface area contributed by atoms with Crippen LogP contribution in [0.1, 0.15) is 34.6 Å². The number of hydrogen-bond donors (Lipinski definition) is 29. The summed E-state index contributed by atoms with van der Waals surface area (Å²) in [4.78, 5) is 64.1. The molecular formula is C64H107N5O46. The lowest BCUT2D eigenvalue weighted by atomic mass is 9.93. The lowest BCUT2D eigenvalue weighted by Gasteiger charge is -2.53. The summed E-state index contributed by atoms with van der Waals surface area (Å²) in [6.07, 6.45) is -86.5. The Morgan fingerprint density at radius 2 is 0.496 bits per heavy atom. The molecule has 0 bridgehead atoms. The number of carbonyl (C=O) groups excluding carboxylic acids is 5. The number of aliphatic hydroxyl groups excluding tert-OH is 24. The van der Waals surface area contributed by atoms with Crippen molar-refractivity contribution < 1.29 is 227 Å². The van der Waals surface area contributed by atoms with Gasteiger partial charge in [0.2, 0.25) is 29.5 Å². The van der Waals surface area contributed by atoms with Gasteiger partial charge in [-0.3, -0.25) is 24.0 Å². The Bertz CT molecular complexity index is 3100. The highest BCUT2D eigenvalue weighted by Crippen LogP contribution is 2.41. The van der Waals surface area contributed by atoms with Gasteiger partial charge < -0.3 is 230 Å². The molecule has 51 nitrogen and oxygen atoms in total. The number of amides is 5. The van der Waals surface area contributed by atoms with Gasteiger partial charge in [-0.1, -0.05) is 0 Å². The maximum Gasteiger partial charge on any atom is 0.217 e. The van der Waals surface area contributed by atoms with Crippen LogP contribution in [0.5, 0.6) is 0 Å². The third kappa shape index (κ3) is 21.3. The van der Waals surface area contributed by atoms with Crippen molar-refractivity contribution in [3.63, 3.8) is 0 Å². The highest BCUT2D eigenvalue weighted by Gasteiger charge is 2.62. The van der Waals surface area contributed by atoms with E-state index in [4.69, 9.17) is 80.5 Å². The van der Waals surface area contributed by atoms with E-state index in [9.17, 15) is 147 Å². The van der Waals surface area contributed by atoms with Gasteiger partial charge in [0.1, 0.15) is 219 Å². The average Bonchev–Trinajstić information content (AvgIpc) is 0.754. The first-order valence-electron chi connectivity index (χ1n) is 36.6. The van der Waals surface area contributed by atoms with Gasteiger partial charge in [-0.15, -0.1) is 0 Å². The fourth-order valence-corrected chi connectivity index (χ4v) is 14.9. The Hall–Kier alpha value is -4.29. The lowest BCUT2D eigenvalue weighted by molar-refractivity contribution is -0.411. The van der Waals surface area contributed by atoms with Crippen molar-refractivity contribution in [3.8, 4) is 0 Å². The van der Waals surface area contributed by atoms with Crippen molar-refractivity contribution in [1.29, 1.82) is 0 Å². The van der Waals surface area contributed by atoms with Crippen LogP contribution in [0.2, 0.25) is 0 Å². The molecule has 9 saturated heterocycles. The second-order valence-corrected chi connectivity index (χ2v) is 28.9. The molecule has 9 aliphatic rings. The molecule has 0 radical (unpaired) electrons. The Labute approximate surface area is 651 Å². The molecule has 0 aromatic heterocycles. The molecule has 0 spiro atoms. The molecule has 9 rings (SSSR count). The van der Waals surface area contributed by atoms with E-state index >= 15 is 0 Å². The summed E-state index contributed by atoms with van der Waals surface area (Å²) in [5, 5.41) is 282. The average molecular weight is 1680 g/mol. The quantitative estimate of drug-likeness (QED) is 0.0318. The molecule has 9 fully saturated rings. The highest BCUT2D eigenvalue weighted by atomic mass is 16.8. The largest absolute Gasteiger partial charge is 0.394 e. The smallest absolute Gasteiger partial charge is 0.217 e. The molecule has 1 unspecified atom stereocenters. The van der Waals surface area contributed by atoms with Gasteiger partial charge >= 0.3 is 0 Å². The van der Waals surface area contributed by atoms with E-state index in [2.05, 4.69) is 26.6 Å². The summed E-state index contributed by atoms with van der Waals surface area (Å²) in [6, 6.07) is -9.48. The van der Waals surface area contributed by atoms with Crippen LogP contribution in [0.15, 0.2) is 0 Å². The van der Waals surface area contributed by atoms with Crippen molar-refractivity contribution in [1.82, 2.24) is 26.6 Å². The minimum Gasteiger partial charge on any atom is -0.394 e. The molecule has 45 atom stereocenters. The predicted octanol–water partition coefficient (Wildman–Crippen LogP) is -19.9. The second-order valence-electron chi connectivity index (χ2n) is 28.9. The van der Waals surface area contributed by atoms with E-state index < -0.39 is 365 Å². The molecule has 29 N–H and O–H groups in total. The molecule has 0 aliphatic carbocycles. The minimum absolute atomic E-state index is 0.809. The van der Waals surface area contributed by atoms with Crippen LogP contribution >= 0.6 is 0 Å². The zero-order chi connectivity index (χ0) is 84.8. The fraction of sp³-hybridized carbons (Fsp3) is 0.922. The van der Waals surface area contributed by atoms with E-state index in [1.54, 1.807) is 0 Å². The summed E-state index contributed by atoms with van der Waals surface area (Å²) < 4.78 is 103. The molecule has 9 aliphatic heterocycles. The molecule has 5 amide bonds. The number of ether oxygens (including phenoxy) is 17. The third-order valence-electron chi connectivity index (χ3n) is 20.8. The van der Waals surface area contributed by atoms with Gasteiger partial charge in [-0.25, -0.2) is 0 Å². The Balaban J connectivity index is 1.20. The molecule has 0 aromatic rings. The first-order chi connectivity index (χ1) is 54.4. The Morgan fingerprint density at radius 1 is 0.226 bits per heavy atom. The fourth-order valence-electron chi connectivity index (χ4n) is 14.9. The maximum atomic E-state index is 13.3. The summed E-state index contributed by atoms with van der Waals surface area (Å²) in [5.41, 5.74) is 0. The van der Waals surface area contributed by atoms with E-state index in [-0.39, 0.29) is 0 Å². The first-order valence-corrected chi connectivity index (χ1v) is 36.6. The van der Waals surface area contributed by atoms with Crippen LogP contribution in [0, 0.1) is 0 Å². The lowest BCUT2D eigenvalue weighted by Crippen LogP contribution is -2.72. The van der Waals surface area contributed by atoms with Gasteiger partial charge in [-0.2, -0.15) is 0 Å². The summed E-state index contributed by atoms with van der Waals surface area (Å²) in [7, 11) is 0. The topological polar surface area (TPSA) is 788 Å². The van der Waals surface area contributed by atoms with Crippen LogP contribution in [0.4, 0.5) is 0 Å². The number of nitrogens with one attached hydrogen (secondary N) is 5. The zero-order valence-electron chi connectivity index (χ0n) is 62.1. The molecule has 9 heterocycles. The standard InChI is InChI=1S/C64H107N5O46/c1-15(78)65-29-42(91)49(25(11-75)100-56(29)98)109-60-33(69-19(5)82)43(92)50(26(12-76)106-60)111-63-48(97)54(114-64-55(115-59-32(68-18(4)81)41(90)36(85)22(8-72)103-59)46(95)51(27(13-77)107-64)110-57-30(66-16(2)79)39(88)34(83)20(6-70)101-57)52(112-58-31(67-17(3)80)40(89)35(84)21(7-71)102-58)28(108-63)14-99-61-47(96)53(38(87)24(10-74)104-61)113-62-45(94)44(93)37(86)23(9-73)105-62/h20-64,70-77,83-98H,6-14H2,1-5H3,(H,65,78)(H,66,79)(H,67,80)(H,68,81)(H,69,82)/t20-,21-,22-,23-,24-,25-,26-,27-,28-,29-,30-,31-,32-,33-,34-,35-,36-,37-,38-,39-,40-,41-,42-,43-,44+,45+,46+,47+,48+,49-,50-,51-,52-,53+,54-,55+,56?,57+,58+,59+,60+,61+,62-,63+,64-/m1/s1. The summed E-state index contributed by atoms with van der Waals surface area (Å²) in [6.45, 7) is -5.68. The van der Waals surface area contributed by atoms with Crippen molar-refractivity contribution >= 4 is 29.5 Å². The number of aliphatic hydroxyl groups is 24. The van der Waals surface area contributed by atoms with E-state index in [0.717, 1.165) is 34.6 Å². The molecule has 0 aromatic carbocycles. The van der Waals surface area contributed by atoms with Crippen LogP contribution in [-0.2, 0) is 104 Å². The van der Waals surface area contributed by atoms with Crippen molar-refractivity contribution in [3.05, 3.63) is 0 Å². The number of rotatable bonds is 30. The van der Waals surface area contributed by atoms with Crippen LogP contribution in [0.3, 0.4) is 0 Å². The van der Waals surface area contributed by atoms with Crippen molar-refractivity contribution in [2.75, 3.05) is 59.5 Å². The normalized spacial score (nSPS) is 47.9. The number of carbonyl (C=O) groups is 5. The molecule has 0 saturated carbocycles. The van der Waals surface area contributed by atoms with Crippen LogP contribution in [0.25, 0.3) is 0 Å². The molecule has 664 valence electrons. The van der Waals surface area contributed by atoms with Gasteiger partial charge in [0, 0.05) is 34.6 Å². The Kier molecular flexibility index (Phi) is 34.1. The van der Waals surface area contributed by atoms with Crippen LogP contribution < -0.4 is 26.6 Å². The zero-order valence-corrected chi connectivity index (χ0v) is 62.1. The molecule has 115 heavy (non-hydrogen) atoms. The van der Waals surface area contributed by atoms with E-state index in [1.165, 1.54) is 0 Å². The van der Waals surface area contributed by atoms with Gasteiger partial charge in [0.25, 0.3) is 0 Å². The highest BCUT2D eigenvalue weighted by molar-refractivity contribution is 5.75. The SMILES string of the molecule is CC(=O)N[C@H]1[C@H](O[C@H]2[C@H](O)[C@@H](NC(C)=O)C(O)O[C@@H]2CO)O[C@H](CO)[C@@H](O[C@@H]2O[C@H](CO[C@H]3O[C@H](CO)[C@@H](O)[C@H](O[C@H]4O[C@H](CO)[C@@H](O)[C@H](O)[C@@H]4O)[C@@H]3O)[C@@H](O[C@@H]3O[C@H](CO)[C@@H](O)[C@H](O)[C@H]3NC(C)=O)[C@H](O[C@H]3O[C@H](CO)[C@@H](O[C@@H]4O[C@H](CO)[C@@H](O)[C@H](O)[C@H]4NC(C)=O)[C@H](O)[C@@H]3O[C@@H]3O[C@H](CO)[C@@H](O)[C@H](O)[C@H]3NC(C)=O)[C@@H]2O)[C@@H]1O. The maximum absolute atomic E-state index is 13.3. The first kappa shape index (κ1) is 94.6. The number of hydrogen-bond acceptors (Lipinski definition) is 46. The van der Waals surface area contributed by atoms with Crippen molar-refractivity contribution in [2.24, 2.45) is 0 Å². The monoisotopic (exact) mass is 1680 g/mol. The van der Waals surface area contributed by atoms with Gasteiger partial charge in [-0.05, 0) is 0 Å². The second kappa shape index (κ2) is 41.5. The van der Waals surface area contributed by atoms with E-state index in [1.807, 2.05) is 0 Å². The van der Waals surface area contributed by atoms with Gasteiger partial charge in [0.15, 0.2) is 56.6 Å². The summed E-state index contributed by atoms with van der Waals surface area (Å²) >= 11 is 0. The Morgan fingerprint density at radius 3 is 0.913 bits per heavy atom. The predicted molar refractivity (Wildman–Crippen MR) is 355 cm³/mol. The molecule has 51 heteroatoms. The molecular weight excluding hydrogens is 1570 g/mol. The summed E-state index contributed by atoms with van der Waals surface area (Å²) in [5.74, 6) is -4.63. The van der Waals surface area contributed by atoms with Crippen molar-refractivity contribution in [2.45, 2.75) is 311 Å². The van der Waals surface area contributed by atoms with E-state index in [0.29, 0.717) is 0 Å².